The molecule has 5 rings (SSSR count). The topological polar surface area (TPSA) is 62.7 Å². The van der Waals surface area contributed by atoms with Gasteiger partial charge in [0.2, 0.25) is 5.91 Å². The van der Waals surface area contributed by atoms with E-state index in [2.05, 4.69) is 43.2 Å². The summed E-state index contributed by atoms with van der Waals surface area (Å²) in [4.78, 5) is 13.2. The van der Waals surface area contributed by atoms with Crippen molar-refractivity contribution < 1.29 is 4.79 Å². The van der Waals surface area contributed by atoms with Crippen molar-refractivity contribution in [1.29, 1.82) is 0 Å². The van der Waals surface area contributed by atoms with Gasteiger partial charge in [-0.15, -0.1) is 0 Å². The average molecular weight is 377 g/mol. The van der Waals surface area contributed by atoms with Crippen LogP contribution in [0.5, 0.6) is 0 Å². The first-order valence-electron chi connectivity index (χ1n) is 10.1. The van der Waals surface area contributed by atoms with Crippen molar-refractivity contribution in [2.45, 2.75) is 78.7 Å². The molecule has 1 amide bonds. The second-order valence-corrected chi connectivity index (χ2v) is 10.7. The molecule has 0 spiro atoms. The summed E-state index contributed by atoms with van der Waals surface area (Å²) in [5, 5.41) is 10.5. The van der Waals surface area contributed by atoms with Crippen molar-refractivity contribution in [1.82, 2.24) is 20.1 Å². The maximum absolute atomic E-state index is 13.2. The van der Waals surface area contributed by atoms with Crippen molar-refractivity contribution in [3.63, 3.8) is 0 Å². The molecular formula is C20H32N4OS. The summed E-state index contributed by atoms with van der Waals surface area (Å²) < 4.78 is 2.69. The molecule has 4 aliphatic carbocycles. The number of nitrogens with one attached hydrogen (secondary N) is 2. The minimum atomic E-state index is -0.133. The van der Waals surface area contributed by atoms with E-state index in [1.165, 1.54) is 19.3 Å². The van der Waals surface area contributed by atoms with E-state index in [-0.39, 0.29) is 17.4 Å². The molecule has 2 unspecified atom stereocenters. The van der Waals surface area contributed by atoms with E-state index in [9.17, 15) is 4.79 Å². The molecule has 26 heavy (non-hydrogen) atoms. The van der Waals surface area contributed by atoms with Crippen LogP contribution in [0.15, 0.2) is 0 Å². The third-order valence-electron chi connectivity index (χ3n) is 7.04. The largest absolute Gasteiger partial charge is 0.355 e. The van der Waals surface area contributed by atoms with Crippen LogP contribution in [0.25, 0.3) is 0 Å². The first-order chi connectivity index (χ1) is 12.1. The Morgan fingerprint density at radius 2 is 1.92 bits per heavy atom. The fourth-order valence-corrected chi connectivity index (χ4v) is 7.58. The summed E-state index contributed by atoms with van der Waals surface area (Å²) in [6.45, 7) is 9.66. The van der Waals surface area contributed by atoms with Gasteiger partial charge in [-0.1, -0.05) is 13.8 Å². The zero-order chi connectivity index (χ0) is 18.7. The fraction of sp³-hybridized carbons (Fsp3) is 0.850. The Morgan fingerprint density at radius 1 is 1.27 bits per heavy atom. The number of aromatic amines is 1. The summed E-state index contributed by atoms with van der Waals surface area (Å²) in [5.41, 5.74) is 0.600. The van der Waals surface area contributed by atoms with Crippen LogP contribution in [-0.4, -0.2) is 27.2 Å². The molecule has 4 bridgehead atoms. The highest BCUT2D eigenvalue weighted by atomic mass is 32.1. The van der Waals surface area contributed by atoms with Crippen molar-refractivity contribution in [3.05, 3.63) is 10.6 Å². The van der Waals surface area contributed by atoms with Gasteiger partial charge in [0, 0.05) is 19.0 Å². The van der Waals surface area contributed by atoms with Crippen LogP contribution in [0.3, 0.4) is 0 Å². The first-order valence-corrected chi connectivity index (χ1v) is 10.5. The van der Waals surface area contributed by atoms with Gasteiger partial charge in [-0.25, -0.2) is 0 Å². The maximum atomic E-state index is 13.2. The molecule has 0 aromatic carbocycles. The number of rotatable bonds is 5. The molecule has 0 radical (unpaired) electrons. The molecule has 2 atom stereocenters. The average Bonchev–Trinajstić information content (AvgIpc) is 2.84. The zero-order valence-corrected chi connectivity index (χ0v) is 17.3. The maximum Gasteiger partial charge on any atom is 0.226 e. The first kappa shape index (κ1) is 18.2. The van der Waals surface area contributed by atoms with Crippen LogP contribution in [0.4, 0.5) is 0 Å². The number of nitrogens with zero attached hydrogens (tertiary/aromatic N) is 2. The summed E-state index contributed by atoms with van der Waals surface area (Å²) in [6.07, 6.45) is 7.89. The molecule has 4 aliphatic rings. The van der Waals surface area contributed by atoms with E-state index in [1.54, 1.807) is 0 Å². The van der Waals surface area contributed by atoms with Crippen LogP contribution in [0.2, 0.25) is 0 Å². The van der Waals surface area contributed by atoms with Gasteiger partial charge in [-0.2, -0.15) is 5.10 Å². The lowest BCUT2D eigenvalue weighted by atomic mass is 9.40. The summed E-state index contributed by atoms with van der Waals surface area (Å²) in [7, 11) is 0. The van der Waals surface area contributed by atoms with E-state index in [1.807, 2.05) is 4.57 Å². The van der Waals surface area contributed by atoms with Crippen LogP contribution < -0.4 is 5.32 Å². The van der Waals surface area contributed by atoms with Gasteiger partial charge in [-0.3, -0.25) is 9.89 Å². The number of hydrogen-bond acceptors (Lipinski definition) is 3. The van der Waals surface area contributed by atoms with Crippen LogP contribution in [0.1, 0.15) is 78.1 Å². The molecule has 2 N–H and O–H groups in total. The monoisotopic (exact) mass is 376 g/mol. The molecule has 1 heterocycles. The molecule has 1 aromatic rings. The van der Waals surface area contributed by atoms with Crippen LogP contribution >= 0.6 is 12.2 Å². The third kappa shape index (κ3) is 2.94. The molecule has 144 valence electrons. The van der Waals surface area contributed by atoms with E-state index in [0.717, 1.165) is 31.0 Å². The predicted molar refractivity (Wildman–Crippen MR) is 104 cm³/mol. The molecule has 1 aromatic heterocycles. The number of amides is 1. The fourth-order valence-electron chi connectivity index (χ4n) is 7.22. The standard InChI is InChI=1S/C20H32N4OS/c1-13(2)24-15(22-23-17(24)26)5-6-21-16(25)20-9-14-7-18(3,11-20)10-19(4,8-14)12-20/h13-14H,5-12H2,1-4H3,(H,21,25)(H,23,26). The van der Waals surface area contributed by atoms with E-state index in [0.29, 0.717) is 28.6 Å². The molecule has 6 heteroatoms. The molecule has 0 aliphatic heterocycles. The second-order valence-electron chi connectivity index (χ2n) is 10.3. The van der Waals surface area contributed by atoms with E-state index >= 15 is 0 Å². The highest BCUT2D eigenvalue weighted by molar-refractivity contribution is 7.71. The van der Waals surface area contributed by atoms with Crippen molar-refractivity contribution in [2.75, 3.05) is 6.54 Å². The van der Waals surface area contributed by atoms with E-state index < -0.39 is 0 Å². The van der Waals surface area contributed by atoms with E-state index in [4.69, 9.17) is 12.2 Å². The molecule has 0 saturated heterocycles. The summed E-state index contributed by atoms with van der Waals surface area (Å²) in [5.74, 6) is 1.95. The van der Waals surface area contributed by atoms with Gasteiger partial charge < -0.3 is 9.88 Å². The SMILES string of the molecule is CC(C)n1c(CCNC(=O)C23CC4CC(C)(CC(C)(C4)C2)C3)n[nH]c1=S. The number of hydrogen-bond donors (Lipinski definition) is 2. The second kappa shape index (κ2) is 5.91. The molecule has 4 saturated carbocycles. The van der Waals surface area contributed by atoms with Gasteiger partial charge in [0.15, 0.2) is 4.77 Å². The Bertz CT molecular complexity index is 761. The predicted octanol–water partition coefficient (Wildman–Crippen LogP) is 4.18. The summed E-state index contributed by atoms with van der Waals surface area (Å²) in [6, 6.07) is 0.273. The molecule has 5 nitrogen and oxygen atoms in total. The van der Waals surface area contributed by atoms with Gasteiger partial charge in [0.25, 0.3) is 0 Å². The quantitative estimate of drug-likeness (QED) is 0.758. The van der Waals surface area contributed by atoms with Gasteiger partial charge >= 0.3 is 0 Å². The number of aromatic nitrogens is 3. The van der Waals surface area contributed by atoms with Gasteiger partial charge in [0.1, 0.15) is 5.82 Å². The zero-order valence-electron chi connectivity index (χ0n) is 16.5. The van der Waals surface area contributed by atoms with Crippen molar-refractivity contribution in [3.8, 4) is 0 Å². The summed E-state index contributed by atoms with van der Waals surface area (Å²) >= 11 is 5.31. The Morgan fingerprint density at radius 3 is 2.50 bits per heavy atom. The minimum Gasteiger partial charge on any atom is -0.355 e. The Kier molecular flexibility index (Phi) is 4.14. The highest BCUT2D eigenvalue weighted by Crippen LogP contribution is 2.69. The Balaban J connectivity index is 1.44. The smallest absolute Gasteiger partial charge is 0.226 e. The highest BCUT2D eigenvalue weighted by Gasteiger charge is 2.62. The van der Waals surface area contributed by atoms with Gasteiger partial charge in [0.05, 0.1) is 5.41 Å². The molecule has 4 fully saturated rings. The lowest BCUT2D eigenvalue weighted by Crippen LogP contribution is -2.60. The van der Waals surface area contributed by atoms with Crippen LogP contribution in [-0.2, 0) is 11.2 Å². The van der Waals surface area contributed by atoms with Crippen LogP contribution in [0, 0.1) is 26.9 Å². The number of carbonyl (C=O) groups excluding carboxylic acids is 1. The lowest BCUT2D eigenvalue weighted by molar-refractivity contribution is -0.170. The number of carbonyl (C=O) groups is 1. The third-order valence-corrected chi connectivity index (χ3v) is 7.32. The number of H-pyrrole nitrogens is 1. The molecular weight excluding hydrogens is 344 g/mol. The van der Waals surface area contributed by atoms with Crippen molar-refractivity contribution >= 4 is 18.1 Å². The Labute approximate surface area is 161 Å². The van der Waals surface area contributed by atoms with Gasteiger partial charge in [-0.05, 0) is 81.3 Å². The minimum absolute atomic E-state index is 0.133. The van der Waals surface area contributed by atoms with Crippen molar-refractivity contribution in [2.24, 2.45) is 22.2 Å². The lowest BCUT2D eigenvalue weighted by Gasteiger charge is -2.64. The Hall–Kier alpha value is -1.17. The normalized spacial score (nSPS) is 38.1.